The molecule has 0 saturated carbocycles. The van der Waals surface area contributed by atoms with E-state index in [0.717, 1.165) is 12.8 Å². The van der Waals surface area contributed by atoms with Gasteiger partial charge in [-0.05, 0) is 26.7 Å². The first-order valence-corrected chi connectivity index (χ1v) is 7.41. The second kappa shape index (κ2) is 7.97. The van der Waals surface area contributed by atoms with Gasteiger partial charge in [0, 0.05) is 26.1 Å². The number of nitro groups is 1. The van der Waals surface area contributed by atoms with Crippen molar-refractivity contribution in [2.75, 3.05) is 18.5 Å². The summed E-state index contributed by atoms with van der Waals surface area (Å²) < 4.78 is 7.02. The quantitative estimate of drug-likeness (QED) is 0.430. The highest BCUT2D eigenvalue weighted by Crippen LogP contribution is 2.32. The number of hydrogen-bond acceptors (Lipinski definition) is 5. The zero-order chi connectivity index (χ0) is 16.0. The summed E-state index contributed by atoms with van der Waals surface area (Å²) >= 11 is 0. The van der Waals surface area contributed by atoms with Gasteiger partial charge in [0.1, 0.15) is 5.69 Å². The highest BCUT2D eigenvalue weighted by Gasteiger charge is 2.28. The van der Waals surface area contributed by atoms with E-state index in [1.807, 2.05) is 27.7 Å². The van der Waals surface area contributed by atoms with Gasteiger partial charge in [-0.15, -0.1) is 0 Å². The van der Waals surface area contributed by atoms with Crippen molar-refractivity contribution in [3.63, 3.8) is 0 Å². The maximum atomic E-state index is 11.3. The molecule has 7 heteroatoms. The molecule has 0 unspecified atom stereocenters. The Morgan fingerprint density at radius 3 is 2.52 bits per heavy atom. The summed E-state index contributed by atoms with van der Waals surface area (Å²) in [6, 6.07) is 0. The van der Waals surface area contributed by atoms with Crippen molar-refractivity contribution in [2.24, 2.45) is 7.05 Å². The lowest BCUT2D eigenvalue weighted by Crippen LogP contribution is -2.10. The van der Waals surface area contributed by atoms with Gasteiger partial charge in [0.25, 0.3) is 0 Å². The van der Waals surface area contributed by atoms with Gasteiger partial charge in [-0.1, -0.05) is 13.8 Å². The van der Waals surface area contributed by atoms with E-state index in [0.29, 0.717) is 24.7 Å². The molecule has 1 rings (SSSR count). The van der Waals surface area contributed by atoms with E-state index in [-0.39, 0.29) is 22.6 Å². The molecule has 1 aromatic heterocycles. The standard InChI is InChI=1S/C14H26N4O3/c1-10(2)12-13(18(19)20)14(17(5)16-12)15-8-6-7-9-21-11(3)4/h10-11,15H,6-9H2,1-5H3. The first-order valence-electron chi connectivity index (χ1n) is 7.41. The van der Waals surface area contributed by atoms with Crippen LogP contribution in [0, 0.1) is 10.1 Å². The minimum atomic E-state index is -0.355. The molecule has 0 aliphatic heterocycles. The monoisotopic (exact) mass is 298 g/mol. The molecule has 7 nitrogen and oxygen atoms in total. The molecule has 0 bridgehead atoms. The molecule has 0 aromatic carbocycles. The number of hydrogen-bond donors (Lipinski definition) is 1. The van der Waals surface area contributed by atoms with Gasteiger partial charge >= 0.3 is 5.69 Å². The number of anilines is 1. The summed E-state index contributed by atoms with van der Waals surface area (Å²) in [6.45, 7) is 9.20. The number of aromatic nitrogens is 2. The highest BCUT2D eigenvalue weighted by molar-refractivity contribution is 5.60. The van der Waals surface area contributed by atoms with Crippen molar-refractivity contribution in [1.82, 2.24) is 9.78 Å². The van der Waals surface area contributed by atoms with Crippen LogP contribution in [0.15, 0.2) is 0 Å². The van der Waals surface area contributed by atoms with Crippen molar-refractivity contribution < 1.29 is 9.66 Å². The lowest BCUT2D eigenvalue weighted by Gasteiger charge is -2.08. The molecule has 1 aromatic rings. The van der Waals surface area contributed by atoms with Crippen molar-refractivity contribution in [1.29, 1.82) is 0 Å². The van der Waals surface area contributed by atoms with Crippen LogP contribution in [0.2, 0.25) is 0 Å². The van der Waals surface area contributed by atoms with Crippen LogP contribution in [-0.2, 0) is 11.8 Å². The van der Waals surface area contributed by atoms with Crippen molar-refractivity contribution in [3.8, 4) is 0 Å². The van der Waals surface area contributed by atoms with E-state index in [9.17, 15) is 10.1 Å². The molecule has 0 saturated heterocycles. The number of unbranched alkanes of at least 4 members (excludes halogenated alkanes) is 1. The molecule has 1 N–H and O–H groups in total. The second-order valence-corrected chi connectivity index (χ2v) is 5.67. The summed E-state index contributed by atoms with van der Waals surface area (Å²) in [7, 11) is 1.73. The zero-order valence-corrected chi connectivity index (χ0v) is 13.5. The number of nitrogens with one attached hydrogen (secondary N) is 1. The number of rotatable bonds is 9. The van der Waals surface area contributed by atoms with Crippen molar-refractivity contribution in [2.45, 2.75) is 52.6 Å². The third kappa shape index (κ3) is 5.00. The van der Waals surface area contributed by atoms with Crippen LogP contribution < -0.4 is 5.32 Å². The maximum Gasteiger partial charge on any atom is 0.334 e. The van der Waals surface area contributed by atoms with Crippen LogP contribution in [0.3, 0.4) is 0 Å². The SMILES string of the molecule is CC(C)OCCCCNc1c([N+](=O)[O-])c(C(C)C)nn1C. The van der Waals surface area contributed by atoms with E-state index in [1.54, 1.807) is 11.7 Å². The van der Waals surface area contributed by atoms with E-state index in [1.165, 1.54) is 0 Å². The Morgan fingerprint density at radius 2 is 2.00 bits per heavy atom. The molecule has 120 valence electrons. The Hall–Kier alpha value is -1.63. The molecule has 0 atom stereocenters. The molecule has 0 amide bonds. The Kier molecular flexibility index (Phi) is 6.61. The number of nitrogens with zero attached hydrogens (tertiary/aromatic N) is 3. The third-order valence-corrected chi connectivity index (χ3v) is 3.09. The van der Waals surface area contributed by atoms with Gasteiger partial charge in [-0.3, -0.25) is 10.1 Å². The minimum absolute atomic E-state index is 0.0200. The Morgan fingerprint density at radius 1 is 1.33 bits per heavy atom. The van der Waals surface area contributed by atoms with E-state index < -0.39 is 0 Å². The first kappa shape index (κ1) is 17.4. The fourth-order valence-corrected chi connectivity index (χ4v) is 2.05. The summed E-state index contributed by atoms with van der Waals surface area (Å²) in [5.41, 5.74) is 0.610. The van der Waals surface area contributed by atoms with Crippen molar-refractivity contribution >= 4 is 11.5 Å². The van der Waals surface area contributed by atoms with Gasteiger partial charge in [-0.25, -0.2) is 4.68 Å². The Balaban J connectivity index is 2.60. The smallest absolute Gasteiger partial charge is 0.334 e. The van der Waals surface area contributed by atoms with E-state index in [4.69, 9.17) is 4.74 Å². The van der Waals surface area contributed by atoms with E-state index in [2.05, 4.69) is 10.4 Å². The van der Waals surface area contributed by atoms with Crippen LogP contribution >= 0.6 is 0 Å². The molecule has 0 aliphatic carbocycles. The summed E-state index contributed by atoms with van der Waals surface area (Å²) in [5.74, 6) is 0.500. The van der Waals surface area contributed by atoms with Gasteiger partial charge in [0.2, 0.25) is 5.82 Å². The Bertz CT molecular complexity index is 469. The maximum absolute atomic E-state index is 11.3. The van der Waals surface area contributed by atoms with Crippen LogP contribution in [0.25, 0.3) is 0 Å². The molecule has 0 spiro atoms. The fourth-order valence-electron chi connectivity index (χ4n) is 2.05. The molecule has 0 aliphatic rings. The van der Waals surface area contributed by atoms with Gasteiger partial charge in [0.15, 0.2) is 0 Å². The number of aryl methyl sites for hydroxylation is 1. The largest absolute Gasteiger partial charge is 0.379 e. The van der Waals surface area contributed by atoms with Crippen LogP contribution in [0.5, 0.6) is 0 Å². The summed E-state index contributed by atoms with van der Waals surface area (Å²) in [5, 5.41) is 18.6. The highest BCUT2D eigenvalue weighted by atomic mass is 16.6. The summed E-state index contributed by atoms with van der Waals surface area (Å²) in [4.78, 5) is 10.9. The van der Waals surface area contributed by atoms with Crippen molar-refractivity contribution in [3.05, 3.63) is 15.8 Å². The van der Waals surface area contributed by atoms with Crippen LogP contribution in [0.4, 0.5) is 11.5 Å². The molecule has 0 radical (unpaired) electrons. The normalized spacial score (nSPS) is 11.4. The molecule has 1 heterocycles. The average molecular weight is 298 g/mol. The van der Waals surface area contributed by atoms with Crippen LogP contribution in [-0.4, -0.2) is 34.0 Å². The topological polar surface area (TPSA) is 82.2 Å². The lowest BCUT2D eigenvalue weighted by atomic mass is 10.1. The molecular formula is C14H26N4O3. The predicted octanol–water partition coefficient (Wildman–Crippen LogP) is 3.07. The summed E-state index contributed by atoms with van der Waals surface area (Å²) in [6.07, 6.45) is 2.06. The average Bonchev–Trinajstić information content (AvgIpc) is 2.71. The molecule has 0 fully saturated rings. The zero-order valence-electron chi connectivity index (χ0n) is 13.5. The van der Waals surface area contributed by atoms with Gasteiger partial charge in [0.05, 0.1) is 11.0 Å². The van der Waals surface area contributed by atoms with E-state index >= 15 is 0 Å². The van der Waals surface area contributed by atoms with Gasteiger partial charge < -0.3 is 10.1 Å². The lowest BCUT2D eigenvalue weighted by molar-refractivity contribution is -0.384. The Labute approximate surface area is 125 Å². The molecule has 21 heavy (non-hydrogen) atoms. The second-order valence-electron chi connectivity index (χ2n) is 5.67. The fraction of sp³-hybridized carbons (Fsp3) is 0.786. The third-order valence-electron chi connectivity index (χ3n) is 3.09. The first-order chi connectivity index (χ1) is 9.84. The predicted molar refractivity (Wildman–Crippen MR) is 82.8 cm³/mol. The van der Waals surface area contributed by atoms with Crippen LogP contribution in [0.1, 0.15) is 52.1 Å². The minimum Gasteiger partial charge on any atom is -0.379 e. The van der Waals surface area contributed by atoms with Gasteiger partial charge in [-0.2, -0.15) is 5.10 Å². The molecular weight excluding hydrogens is 272 g/mol. The number of ether oxygens (including phenoxy) is 1.